The van der Waals surface area contributed by atoms with Crippen molar-refractivity contribution in [3.05, 3.63) is 47.5 Å². The molecule has 4 rings (SSSR count). The zero-order valence-corrected chi connectivity index (χ0v) is 18.9. The fraction of sp³-hybridized carbons (Fsp3) is 0.500. The van der Waals surface area contributed by atoms with Gasteiger partial charge in [-0.05, 0) is 42.4 Å². The van der Waals surface area contributed by atoms with Gasteiger partial charge in [0.25, 0.3) is 5.91 Å². The molecule has 2 bridgehead atoms. The summed E-state index contributed by atoms with van der Waals surface area (Å²) < 4.78 is 0. The number of hydrogen-bond donors (Lipinski definition) is 2. The first-order chi connectivity index (χ1) is 15.4. The van der Waals surface area contributed by atoms with Gasteiger partial charge >= 0.3 is 0 Å². The van der Waals surface area contributed by atoms with Crippen LogP contribution in [0.1, 0.15) is 22.3 Å². The maximum atomic E-state index is 12.7. The highest BCUT2D eigenvalue weighted by atomic mass is 16.2. The molecule has 8 nitrogen and oxygen atoms in total. The number of nitrogens with one attached hydrogen (secondary N) is 2. The van der Waals surface area contributed by atoms with Crippen LogP contribution in [0.5, 0.6) is 0 Å². The average Bonchev–Trinajstić information content (AvgIpc) is 3.47. The summed E-state index contributed by atoms with van der Waals surface area (Å²) in [5, 5.41) is 6.43. The average molecular weight is 438 g/mol. The molecule has 1 aliphatic heterocycles. The first kappa shape index (κ1) is 22.0. The largest absolute Gasteiger partial charge is 0.356 e. The maximum absolute atomic E-state index is 12.7. The van der Waals surface area contributed by atoms with Gasteiger partial charge in [-0.15, -0.1) is 0 Å². The van der Waals surface area contributed by atoms with Crippen molar-refractivity contribution in [2.24, 2.45) is 28.7 Å². The van der Waals surface area contributed by atoms with Gasteiger partial charge in [0.2, 0.25) is 11.8 Å². The van der Waals surface area contributed by atoms with Crippen LogP contribution in [0.3, 0.4) is 0 Å². The van der Waals surface area contributed by atoms with Gasteiger partial charge in [-0.1, -0.05) is 24.3 Å². The minimum absolute atomic E-state index is 0.0174. The third-order valence-electron chi connectivity index (χ3n) is 6.70. The number of guanidine groups is 1. The lowest BCUT2D eigenvalue weighted by molar-refractivity contribution is -0.140. The number of benzene rings is 1. The Bertz CT molecular complexity index is 940. The number of allylic oxidation sites excluding steroid dienone is 2. The van der Waals surface area contributed by atoms with Crippen LogP contribution in [0.2, 0.25) is 0 Å². The molecule has 0 radical (unpaired) electrons. The van der Waals surface area contributed by atoms with Crippen molar-refractivity contribution in [2.75, 3.05) is 40.8 Å². The smallest absolute Gasteiger partial charge is 0.253 e. The molecule has 3 amide bonds. The highest BCUT2D eigenvalue weighted by Crippen LogP contribution is 2.52. The van der Waals surface area contributed by atoms with Crippen LogP contribution in [-0.4, -0.2) is 74.3 Å². The Hall–Kier alpha value is -3.16. The second-order valence-corrected chi connectivity index (χ2v) is 8.90. The molecule has 1 heterocycles. The quantitative estimate of drug-likeness (QED) is 0.286. The monoisotopic (exact) mass is 437 g/mol. The molecule has 2 aliphatic carbocycles. The van der Waals surface area contributed by atoms with Crippen LogP contribution in [0.25, 0.3) is 0 Å². The number of carbonyl (C=O) groups is 3. The molecule has 1 aromatic carbocycles. The Morgan fingerprint density at radius 3 is 2.38 bits per heavy atom. The van der Waals surface area contributed by atoms with E-state index in [2.05, 4.69) is 27.8 Å². The van der Waals surface area contributed by atoms with Gasteiger partial charge in [0.05, 0.1) is 11.8 Å². The molecule has 8 heteroatoms. The van der Waals surface area contributed by atoms with Crippen LogP contribution in [-0.2, 0) is 16.0 Å². The lowest BCUT2D eigenvalue weighted by Gasteiger charge is -2.18. The minimum Gasteiger partial charge on any atom is -0.356 e. The van der Waals surface area contributed by atoms with Gasteiger partial charge in [0.1, 0.15) is 0 Å². The number of fused-ring (bicyclic) bond motifs is 5. The molecule has 3 aliphatic rings. The predicted molar refractivity (Wildman–Crippen MR) is 122 cm³/mol. The molecular formula is C24H31N5O3. The number of hydrogen-bond acceptors (Lipinski definition) is 4. The van der Waals surface area contributed by atoms with E-state index >= 15 is 0 Å². The van der Waals surface area contributed by atoms with E-state index < -0.39 is 0 Å². The molecule has 1 saturated heterocycles. The van der Waals surface area contributed by atoms with Crippen molar-refractivity contribution in [2.45, 2.75) is 12.8 Å². The second kappa shape index (κ2) is 9.14. The summed E-state index contributed by atoms with van der Waals surface area (Å²) in [6, 6.07) is 7.61. The fourth-order valence-electron chi connectivity index (χ4n) is 5.13. The lowest BCUT2D eigenvalue weighted by Crippen LogP contribution is -2.44. The van der Waals surface area contributed by atoms with Crippen molar-refractivity contribution in [3.8, 4) is 0 Å². The Morgan fingerprint density at radius 1 is 1.09 bits per heavy atom. The molecule has 2 fully saturated rings. The number of rotatable bonds is 7. The van der Waals surface area contributed by atoms with E-state index in [1.807, 2.05) is 24.3 Å². The molecule has 170 valence electrons. The van der Waals surface area contributed by atoms with Crippen molar-refractivity contribution in [1.82, 2.24) is 20.4 Å². The van der Waals surface area contributed by atoms with Gasteiger partial charge in [0.15, 0.2) is 5.96 Å². The predicted octanol–water partition coefficient (Wildman–Crippen LogP) is 0.903. The summed E-state index contributed by atoms with van der Waals surface area (Å²) in [4.78, 5) is 44.8. The van der Waals surface area contributed by atoms with Crippen LogP contribution < -0.4 is 10.6 Å². The molecule has 4 unspecified atom stereocenters. The van der Waals surface area contributed by atoms with Crippen LogP contribution in [0, 0.1) is 23.7 Å². The van der Waals surface area contributed by atoms with Gasteiger partial charge in [-0.25, -0.2) is 0 Å². The van der Waals surface area contributed by atoms with Gasteiger partial charge < -0.3 is 15.5 Å². The zero-order valence-electron chi connectivity index (χ0n) is 18.9. The number of aliphatic imine (C=N–C) groups is 1. The highest BCUT2D eigenvalue weighted by Gasteiger charge is 2.58. The van der Waals surface area contributed by atoms with Gasteiger partial charge in [0, 0.05) is 46.3 Å². The number of likely N-dealkylation sites (tertiary alicyclic amines) is 1. The zero-order chi connectivity index (χ0) is 22.8. The van der Waals surface area contributed by atoms with Crippen molar-refractivity contribution >= 4 is 23.7 Å². The van der Waals surface area contributed by atoms with E-state index in [1.54, 1.807) is 26.0 Å². The minimum atomic E-state index is -0.148. The number of carbonyl (C=O) groups excluding carboxylic acids is 3. The summed E-state index contributed by atoms with van der Waals surface area (Å²) in [5.41, 5.74) is 1.73. The van der Waals surface area contributed by atoms with E-state index in [0.29, 0.717) is 31.2 Å². The first-order valence-electron chi connectivity index (χ1n) is 11.2. The molecule has 0 spiro atoms. The van der Waals surface area contributed by atoms with E-state index in [-0.39, 0.29) is 41.4 Å². The summed E-state index contributed by atoms with van der Waals surface area (Å²) in [5.74, 6) is 0.737. The molecular weight excluding hydrogens is 406 g/mol. The SMILES string of the molecule is CN=C(NCCc1cccc(C(=O)N(C)C)c1)NCCN1C(=O)C2C3C=CC(C3)C2C1=O. The second-order valence-electron chi connectivity index (χ2n) is 8.90. The van der Waals surface area contributed by atoms with Crippen molar-refractivity contribution in [1.29, 1.82) is 0 Å². The van der Waals surface area contributed by atoms with Gasteiger partial charge in [-0.2, -0.15) is 0 Å². The van der Waals surface area contributed by atoms with Crippen LogP contribution >= 0.6 is 0 Å². The topological polar surface area (TPSA) is 94.1 Å². The van der Waals surface area contributed by atoms with Crippen molar-refractivity contribution < 1.29 is 14.4 Å². The third-order valence-corrected chi connectivity index (χ3v) is 6.70. The van der Waals surface area contributed by atoms with E-state index in [1.165, 1.54) is 4.90 Å². The highest BCUT2D eigenvalue weighted by molar-refractivity contribution is 6.06. The molecule has 32 heavy (non-hydrogen) atoms. The molecule has 4 atom stereocenters. The summed E-state index contributed by atoms with van der Waals surface area (Å²) in [6.07, 6.45) is 5.90. The Balaban J connectivity index is 1.23. The molecule has 0 aromatic heterocycles. The summed E-state index contributed by atoms with van der Waals surface area (Å²) >= 11 is 0. The number of nitrogens with zero attached hydrogens (tertiary/aromatic N) is 3. The maximum Gasteiger partial charge on any atom is 0.253 e. The van der Waals surface area contributed by atoms with Crippen LogP contribution in [0.4, 0.5) is 0 Å². The normalized spacial score (nSPS) is 26.0. The summed E-state index contributed by atoms with van der Waals surface area (Å²) in [7, 11) is 5.16. The van der Waals surface area contributed by atoms with E-state index in [4.69, 9.17) is 0 Å². The van der Waals surface area contributed by atoms with Crippen LogP contribution in [0.15, 0.2) is 41.4 Å². The lowest BCUT2D eigenvalue weighted by atomic mass is 9.85. The fourth-order valence-corrected chi connectivity index (χ4v) is 5.13. The molecule has 1 aromatic rings. The van der Waals surface area contributed by atoms with Crippen molar-refractivity contribution in [3.63, 3.8) is 0 Å². The molecule has 1 saturated carbocycles. The van der Waals surface area contributed by atoms with Gasteiger partial charge in [-0.3, -0.25) is 24.3 Å². The number of amides is 3. The Labute approximate surface area is 188 Å². The third kappa shape index (κ3) is 4.13. The van der Waals surface area contributed by atoms with E-state index in [0.717, 1.165) is 18.4 Å². The van der Waals surface area contributed by atoms with E-state index in [9.17, 15) is 14.4 Å². The standard InChI is InChI=1S/C24H31N5O3/c1-25-24(26-10-9-15-5-4-6-18(13-15)21(30)28(2)3)27-11-12-29-22(31)19-16-7-8-17(14-16)20(19)23(29)32/h4-8,13,16-17,19-20H,9-12,14H2,1-3H3,(H2,25,26,27). The Morgan fingerprint density at radius 2 is 1.75 bits per heavy atom. The summed E-state index contributed by atoms with van der Waals surface area (Å²) in [6.45, 7) is 1.44. The Kier molecular flexibility index (Phi) is 6.30. The molecule has 2 N–H and O–H groups in total. The number of imide groups is 1. The first-order valence-corrected chi connectivity index (χ1v) is 11.2.